The number of sulfonamides is 1. The van der Waals surface area contributed by atoms with Crippen molar-refractivity contribution in [2.75, 3.05) is 0 Å². The van der Waals surface area contributed by atoms with E-state index in [1.54, 1.807) is 30.5 Å². The molecule has 220 valence electrons. The van der Waals surface area contributed by atoms with E-state index in [0.717, 1.165) is 34.4 Å². The number of furan rings is 1. The standard InChI is InChI=1S/C37H38N2O3S/c40-43(41,37-23-21-34(22-24-37)31-8-3-1-4-9-31)39(28-36-12-7-25-42-36)27-30-15-19-33(20-16-30)32-17-13-29(14-18-32)26-38-35-10-5-2-6-11-35/h1,3-4,7-9,12-25,35,38H,2,5-6,10-11,26-28H2. The van der Waals surface area contributed by atoms with Crippen LogP contribution < -0.4 is 5.32 Å². The van der Waals surface area contributed by atoms with Crippen molar-refractivity contribution in [3.05, 3.63) is 138 Å². The van der Waals surface area contributed by atoms with Crippen molar-refractivity contribution in [2.45, 2.75) is 62.7 Å². The summed E-state index contributed by atoms with van der Waals surface area (Å²) in [4.78, 5) is 0.258. The quantitative estimate of drug-likeness (QED) is 0.168. The van der Waals surface area contributed by atoms with Gasteiger partial charge in [0, 0.05) is 19.1 Å². The van der Waals surface area contributed by atoms with Gasteiger partial charge in [-0.05, 0) is 70.5 Å². The highest BCUT2D eigenvalue weighted by Crippen LogP contribution is 2.27. The molecule has 0 saturated heterocycles. The lowest BCUT2D eigenvalue weighted by Gasteiger charge is -2.23. The van der Waals surface area contributed by atoms with Crippen LogP contribution in [0.1, 0.15) is 49.0 Å². The molecule has 5 nitrogen and oxygen atoms in total. The molecule has 0 spiro atoms. The van der Waals surface area contributed by atoms with Gasteiger partial charge in [-0.3, -0.25) is 0 Å². The van der Waals surface area contributed by atoms with Crippen LogP contribution in [-0.4, -0.2) is 18.8 Å². The van der Waals surface area contributed by atoms with E-state index in [1.807, 2.05) is 54.6 Å². The molecule has 0 bridgehead atoms. The molecule has 1 saturated carbocycles. The van der Waals surface area contributed by atoms with E-state index in [1.165, 1.54) is 42.0 Å². The van der Waals surface area contributed by atoms with E-state index in [-0.39, 0.29) is 18.0 Å². The molecule has 43 heavy (non-hydrogen) atoms. The smallest absolute Gasteiger partial charge is 0.243 e. The average molecular weight is 591 g/mol. The molecule has 1 heterocycles. The zero-order chi connectivity index (χ0) is 29.5. The summed E-state index contributed by atoms with van der Waals surface area (Å²) >= 11 is 0. The first-order valence-electron chi connectivity index (χ1n) is 15.1. The molecule has 4 aromatic carbocycles. The third-order valence-electron chi connectivity index (χ3n) is 8.31. The van der Waals surface area contributed by atoms with Crippen molar-refractivity contribution in [1.82, 2.24) is 9.62 Å². The zero-order valence-corrected chi connectivity index (χ0v) is 25.2. The van der Waals surface area contributed by atoms with Crippen molar-refractivity contribution >= 4 is 10.0 Å². The minimum absolute atomic E-state index is 0.147. The Bertz CT molecular complexity index is 1680. The summed E-state index contributed by atoms with van der Waals surface area (Å²) < 4.78 is 34.7. The van der Waals surface area contributed by atoms with Crippen molar-refractivity contribution in [2.24, 2.45) is 0 Å². The lowest BCUT2D eigenvalue weighted by molar-refractivity contribution is 0.358. The minimum atomic E-state index is -3.79. The van der Waals surface area contributed by atoms with Crippen LogP contribution in [0.4, 0.5) is 0 Å². The molecule has 0 aliphatic heterocycles. The van der Waals surface area contributed by atoms with E-state index in [4.69, 9.17) is 4.42 Å². The van der Waals surface area contributed by atoms with Gasteiger partial charge in [0.15, 0.2) is 0 Å². The van der Waals surface area contributed by atoms with Gasteiger partial charge < -0.3 is 9.73 Å². The maximum Gasteiger partial charge on any atom is 0.243 e. The van der Waals surface area contributed by atoms with Crippen LogP contribution in [0.15, 0.2) is 131 Å². The third-order valence-corrected chi connectivity index (χ3v) is 10.1. The van der Waals surface area contributed by atoms with Crippen LogP contribution in [-0.2, 0) is 29.7 Å². The lowest BCUT2D eigenvalue weighted by Crippen LogP contribution is -2.30. The van der Waals surface area contributed by atoms with Gasteiger partial charge in [-0.15, -0.1) is 0 Å². The number of hydrogen-bond acceptors (Lipinski definition) is 4. The van der Waals surface area contributed by atoms with E-state index in [2.05, 4.69) is 41.7 Å². The second-order valence-electron chi connectivity index (χ2n) is 11.4. The highest BCUT2D eigenvalue weighted by molar-refractivity contribution is 7.89. The van der Waals surface area contributed by atoms with Crippen LogP contribution in [0.5, 0.6) is 0 Å². The van der Waals surface area contributed by atoms with Crippen molar-refractivity contribution in [1.29, 1.82) is 0 Å². The average Bonchev–Trinajstić information content (AvgIpc) is 3.58. The topological polar surface area (TPSA) is 62.6 Å². The SMILES string of the molecule is O=S(=O)(c1ccc(-c2ccccc2)cc1)N(Cc1ccc(-c2ccc(CNC3CCCCC3)cc2)cc1)Cc1ccco1. The Kier molecular flexibility index (Phi) is 9.18. The Morgan fingerprint density at radius 2 is 1.21 bits per heavy atom. The van der Waals surface area contributed by atoms with Crippen LogP contribution in [0.2, 0.25) is 0 Å². The third kappa shape index (κ3) is 7.34. The van der Waals surface area contributed by atoms with Gasteiger partial charge in [0.25, 0.3) is 0 Å². The summed E-state index contributed by atoms with van der Waals surface area (Å²) in [6, 6.07) is 38.1. The maximum absolute atomic E-state index is 13.9. The van der Waals surface area contributed by atoms with Gasteiger partial charge in [0.2, 0.25) is 10.0 Å². The first-order chi connectivity index (χ1) is 21.0. The van der Waals surface area contributed by atoms with Crippen LogP contribution in [0, 0.1) is 0 Å². The summed E-state index contributed by atoms with van der Waals surface area (Å²) in [5.41, 5.74) is 6.47. The normalized spacial score (nSPS) is 14.3. The highest BCUT2D eigenvalue weighted by Gasteiger charge is 2.26. The Hall–Kier alpha value is -3.97. The lowest BCUT2D eigenvalue weighted by atomic mass is 9.95. The molecular weight excluding hydrogens is 552 g/mol. The monoisotopic (exact) mass is 590 g/mol. The zero-order valence-electron chi connectivity index (χ0n) is 24.4. The molecule has 5 aromatic rings. The number of nitrogens with zero attached hydrogens (tertiary/aromatic N) is 1. The van der Waals surface area contributed by atoms with Crippen LogP contribution in [0.3, 0.4) is 0 Å². The molecule has 6 heteroatoms. The van der Waals surface area contributed by atoms with Crippen molar-refractivity contribution in [3.63, 3.8) is 0 Å². The van der Waals surface area contributed by atoms with Gasteiger partial charge in [0.05, 0.1) is 17.7 Å². The molecule has 1 fully saturated rings. The second-order valence-corrected chi connectivity index (χ2v) is 13.3. The fraction of sp³-hybridized carbons (Fsp3) is 0.243. The largest absolute Gasteiger partial charge is 0.468 e. The number of benzene rings is 4. The van der Waals surface area contributed by atoms with Crippen LogP contribution in [0.25, 0.3) is 22.3 Å². The molecule has 0 amide bonds. The summed E-state index contributed by atoms with van der Waals surface area (Å²) in [6.45, 7) is 1.28. The minimum Gasteiger partial charge on any atom is -0.468 e. The molecule has 1 aliphatic rings. The molecule has 1 aromatic heterocycles. The predicted octanol–water partition coefficient (Wildman–Crippen LogP) is 8.43. The molecule has 1 aliphatic carbocycles. The Morgan fingerprint density at radius 1 is 0.628 bits per heavy atom. The summed E-state index contributed by atoms with van der Waals surface area (Å²) in [6.07, 6.45) is 8.17. The maximum atomic E-state index is 13.9. The predicted molar refractivity (Wildman–Crippen MR) is 173 cm³/mol. The fourth-order valence-electron chi connectivity index (χ4n) is 5.79. The van der Waals surface area contributed by atoms with Gasteiger partial charge in [-0.2, -0.15) is 4.31 Å². The van der Waals surface area contributed by atoms with E-state index in [0.29, 0.717) is 11.8 Å². The Balaban J connectivity index is 1.15. The summed E-state index contributed by atoms with van der Waals surface area (Å²) in [5.74, 6) is 0.596. The Morgan fingerprint density at radius 3 is 1.81 bits per heavy atom. The molecule has 0 atom stereocenters. The number of rotatable bonds is 11. The first kappa shape index (κ1) is 29.1. The molecule has 6 rings (SSSR count). The van der Waals surface area contributed by atoms with E-state index >= 15 is 0 Å². The molecule has 1 N–H and O–H groups in total. The van der Waals surface area contributed by atoms with Crippen molar-refractivity contribution < 1.29 is 12.8 Å². The van der Waals surface area contributed by atoms with Crippen molar-refractivity contribution in [3.8, 4) is 22.3 Å². The second kappa shape index (κ2) is 13.6. The van der Waals surface area contributed by atoms with Gasteiger partial charge >= 0.3 is 0 Å². The highest BCUT2D eigenvalue weighted by atomic mass is 32.2. The fourth-order valence-corrected chi connectivity index (χ4v) is 7.19. The summed E-state index contributed by atoms with van der Waals surface area (Å²) in [5, 5.41) is 3.71. The Labute approximate surface area is 255 Å². The summed E-state index contributed by atoms with van der Waals surface area (Å²) in [7, 11) is -3.79. The number of nitrogens with one attached hydrogen (secondary N) is 1. The number of hydrogen-bond donors (Lipinski definition) is 1. The molecule has 0 radical (unpaired) electrons. The van der Waals surface area contributed by atoms with E-state index in [9.17, 15) is 8.42 Å². The van der Waals surface area contributed by atoms with Gasteiger partial charge in [0.1, 0.15) is 5.76 Å². The van der Waals surface area contributed by atoms with Gasteiger partial charge in [-0.1, -0.05) is 110 Å². The van der Waals surface area contributed by atoms with Gasteiger partial charge in [-0.25, -0.2) is 8.42 Å². The molecular formula is C37H38N2O3S. The van der Waals surface area contributed by atoms with Crippen LogP contribution >= 0.6 is 0 Å². The first-order valence-corrected chi connectivity index (χ1v) is 16.6. The van der Waals surface area contributed by atoms with E-state index < -0.39 is 10.0 Å². The molecule has 0 unspecified atom stereocenters.